The molecule has 1 aromatic rings. The molecule has 0 bridgehead atoms. The van der Waals surface area contributed by atoms with E-state index in [2.05, 4.69) is 0 Å². The molecule has 0 amide bonds. The molecule has 114 valence electrons. The summed E-state index contributed by atoms with van der Waals surface area (Å²) in [6.45, 7) is 4.64. The van der Waals surface area contributed by atoms with Gasteiger partial charge in [-0.05, 0) is 50.3 Å². The lowest BCUT2D eigenvalue weighted by atomic mass is 9.93. The highest BCUT2D eigenvalue weighted by Gasteiger charge is 2.32. The minimum absolute atomic E-state index is 0.0189. The molecule has 2 rings (SSSR count). The highest BCUT2D eigenvalue weighted by atomic mass is 32.2. The van der Waals surface area contributed by atoms with Gasteiger partial charge in [0.2, 0.25) is 10.0 Å². The highest BCUT2D eigenvalue weighted by molar-refractivity contribution is 7.89. The van der Waals surface area contributed by atoms with Gasteiger partial charge in [-0.25, -0.2) is 8.42 Å². The Morgan fingerprint density at radius 3 is 2.81 bits per heavy atom. The molecule has 1 aliphatic rings. The van der Waals surface area contributed by atoms with Gasteiger partial charge in [0.15, 0.2) is 0 Å². The predicted molar refractivity (Wildman–Crippen MR) is 81.0 cm³/mol. The van der Waals surface area contributed by atoms with Gasteiger partial charge >= 0.3 is 0 Å². The minimum Gasteiger partial charge on any atom is -0.328 e. The maximum atomic E-state index is 12.8. The summed E-state index contributed by atoms with van der Waals surface area (Å²) >= 11 is 0. The van der Waals surface area contributed by atoms with E-state index in [9.17, 15) is 8.42 Å². The molecule has 0 radical (unpaired) electrons. The van der Waals surface area contributed by atoms with Crippen LogP contribution in [0, 0.1) is 24.2 Å². The third-order valence-electron chi connectivity index (χ3n) is 4.10. The molecular formula is C15H21N3O2S. The molecule has 0 aromatic heterocycles. The molecule has 1 aliphatic heterocycles. The van der Waals surface area contributed by atoms with Crippen LogP contribution in [0.3, 0.4) is 0 Å². The van der Waals surface area contributed by atoms with Crippen LogP contribution in [-0.2, 0) is 10.0 Å². The van der Waals surface area contributed by atoms with Gasteiger partial charge in [-0.2, -0.15) is 9.57 Å². The Morgan fingerprint density at radius 2 is 2.19 bits per heavy atom. The van der Waals surface area contributed by atoms with Crippen LogP contribution in [-0.4, -0.2) is 31.9 Å². The number of hydrogen-bond acceptors (Lipinski definition) is 4. The van der Waals surface area contributed by atoms with Gasteiger partial charge < -0.3 is 5.73 Å². The molecule has 21 heavy (non-hydrogen) atoms. The zero-order valence-corrected chi connectivity index (χ0v) is 13.2. The number of nitriles is 1. The number of nitrogens with zero attached hydrogens (tertiary/aromatic N) is 2. The SMILES string of the molecule is Cc1ccc(C#N)cc1S(=O)(=O)N1CCC[C@H]([C@@H](C)N)C1. The molecule has 1 heterocycles. The molecule has 1 saturated heterocycles. The van der Waals surface area contributed by atoms with E-state index in [-0.39, 0.29) is 16.9 Å². The van der Waals surface area contributed by atoms with Crippen molar-refractivity contribution >= 4 is 10.0 Å². The molecule has 1 aromatic carbocycles. The maximum absolute atomic E-state index is 12.8. The monoisotopic (exact) mass is 307 g/mol. The van der Waals surface area contributed by atoms with E-state index in [1.54, 1.807) is 19.1 Å². The fourth-order valence-electron chi connectivity index (χ4n) is 2.71. The van der Waals surface area contributed by atoms with E-state index < -0.39 is 10.0 Å². The molecule has 5 nitrogen and oxygen atoms in total. The van der Waals surface area contributed by atoms with Gasteiger partial charge in [-0.15, -0.1) is 0 Å². The van der Waals surface area contributed by atoms with Gasteiger partial charge in [-0.3, -0.25) is 0 Å². The Kier molecular flexibility index (Phi) is 4.67. The second kappa shape index (κ2) is 6.14. The van der Waals surface area contributed by atoms with E-state index >= 15 is 0 Å². The van der Waals surface area contributed by atoms with Crippen molar-refractivity contribution in [1.29, 1.82) is 5.26 Å². The first-order valence-corrected chi connectivity index (χ1v) is 8.56. The number of piperidine rings is 1. The molecule has 1 fully saturated rings. The topological polar surface area (TPSA) is 87.2 Å². The van der Waals surface area contributed by atoms with Gasteiger partial charge in [0.05, 0.1) is 16.5 Å². The van der Waals surface area contributed by atoms with Crippen molar-refractivity contribution in [3.05, 3.63) is 29.3 Å². The van der Waals surface area contributed by atoms with E-state index in [1.807, 2.05) is 13.0 Å². The molecule has 2 N–H and O–H groups in total. The number of nitrogens with two attached hydrogens (primary N) is 1. The predicted octanol–water partition coefficient (Wildman–Crippen LogP) is 1.61. The van der Waals surface area contributed by atoms with Crippen LogP contribution in [0.4, 0.5) is 0 Å². The first-order chi connectivity index (χ1) is 9.86. The molecule has 0 spiro atoms. The first-order valence-electron chi connectivity index (χ1n) is 7.12. The molecule has 0 saturated carbocycles. The van der Waals surface area contributed by atoms with E-state index in [1.165, 1.54) is 10.4 Å². The van der Waals surface area contributed by atoms with Crippen LogP contribution < -0.4 is 5.73 Å². The van der Waals surface area contributed by atoms with Crippen LogP contribution in [0.15, 0.2) is 23.1 Å². The zero-order chi connectivity index (χ0) is 15.6. The molecule has 0 unspecified atom stereocenters. The number of benzene rings is 1. The van der Waals surface area contributed by atoms with Gasteiger partial charge in [-0.1, -0.05) is 6.07 Å². The third kappa shape index (κ3) is 3.26. The van der Waals surface area contributed by atoms with Crippen LogP contribution in [0.1, 0.15) is 30.9 Å². The smallest absolute Gasteiger partial charge is 0.243 e. The number of aryl methyl sites for hydroxylation is 1. The second-order valence-corrected chi connectivity index (χ2v) is 7.62. The highest BCUT2D eigenvalue weighted by Crippen LogP contribution is 2.27. The Bertz CT molecular complexity index is 662. The summed E-state index contributed by atoms with van der Waals surface area (Å²) in [7, 11) is -3.57. The van der Waals surface area contributed by atoms with Crippen molar-refractivity contribution < 1.29 is 8.42 Å². The van der Waals surface area contributed by atoms with Gasteiger partial charge in [0, 0.05) is 19.1 Å². The van der Waals surface area contributed by atoms with Crippen molar-refractivity contribution in [1.82, 2.24) is 4.31 Å². The second-order valence-electron chi connectivity index (χ2n) is 5.72. The van der Waals surface area contributed by atoms with Crippen LogP contribution >= 0.6 is 0 Å². The van der Waals surface area contributed by atoms with Gasteiger partial charge in [0.25, 0.3) is 0 Å². The summed E-state index contributed by atoms with van der Waals surface area (Å²) in [4.78, 5) is 0.229. The van der Waals surface area contributed by atoms with Crippen molar-refractivity contribution in [2.45, 2.75) is 37.6 Å². The summed E-state index contributed by atoms with van der Waals surface area (Å²) < 4.78 is 27.1. The lowest BCUT2D eigenvalue weighted by Crippen LogP contribution is -2.45. The van der Waals surface area contributed by atoms with Crippen molar-refractivity contribution in [3.8, 4) is 6.07 Å². The first kappa shape index (κ1) is 16.0. The Hall–Kier alpha value is -1.42. The molecule has 2 atom stereocenters. The lowest BCUT2D eigenvalue weighted by Gasteiger charge is -2.34. The lowest BCUT2D eigenvalue weighted by molar-refractivity contribution is 0.243. The van der Waals surface area contributed by atoms with Crippen LogP contribution in [0.25, 0.3) is 0 Å². The maximum Gasteiger partial charge on any atom is 0.243 e. The van der Waals surface area contributed by atoms with Crippen LogP contribution in [0.5, 0.6) is 0 Å². The summed E-state index contributed by atoms with van der Waals surface area (Å²) in [6.07, 6.45) is 1.78. The van der Waals surface area contributed by atoms with Crippen molar-refractivity contribution in [3.63, 3.8) is 0 Å². The third-order valence-corrected chi connectivity index (χ3v) is 6.11. The standard InChI is InChI=1S/C15H21N3O2S/c1-11-5-6-13(9-16)8-15(11)21(19,20)18-7-3-4-14(10-18)12(2)17/h5-6,8,12,14H,3-4,7,10,17H2,1-2H3/t12-,14+/m1/s1. The molecule has 6 heteroatoms. The average Bonchev–Trinajstić information content (AvgIpc) is 2.47. The largest absolute Gasteiger partial charge is 0.328 e. The van der Waals surface area contributed by atoms with Crippen LogP contribution in [0.2, 0.25) is 0 Å². The number of rotatable bonds is 3. The zero-order valence-electron chi connectivity index (χ0n) is 12.4. The van der Waals surface area contributed by atoms with Crippen molar-refractivity contribution in [2.75, 3.05) is 13.1 Å². The van der Waals surface area contributed by atoms with Crippen molar-refractivity contribution in [2.24, 2.45) is 11.7 Å². The fraction of sp³-hybridized carbons (Fsp3) is 0.533. The van der Waals surface area contributed by atoms with E-state index in [0.717, 1.165) is 12.8 Å². The van der Waals surface area contributed by atoms with E-state index in [0.29, 0.717) is 24.2 Å². The summed E-state index contributed by atoms with van der Waals surface area (Å²) in [5.74, 6) is 0.188. The minimum atomic E-state index is -3.57. The van der Waals surface area contributed by atoms with Gasteiger partial charge in [0.1, 0.15) is 0 Å². The summed E-state index contributed by atoms with van der Waals surface area (Å²) in [6, 6.07) is 6.75. The normalized spacial score (nSPS) is 21.7. The van der Waals surface area contributed by atoms with E-state index in [4.69, 9.17) is 11.0 Å². The quantitative estimate of drug-likeness (QED) is 0.919. The summed E-state index contributed by atoms with van der Waals surface area (Å²) in [5.41, 5.74) is 6.95. The molecular weight excluding hydrogens is 286 g/mol. The Morgan fingerprint density at radius 1 is 1.48 bits per heavy atom. The Balaban J connectivity index is 2.36. The average molecular weight is 307 g/mol. The fourth-order valence-corrected chi connectivity index (χ4v) is 4.49. The molecule has 0 aliphatic carbocycles. The Labute approximate surface area is 126 Å². The number of hydrogen-bond donors (Lipinski definition) is 1. The summed E-state index contributed by atoms with van der Waals surface area (Å²) in [5, 5.41) is 8.97. The number of sulfonamides is 1.